The zero-order valence-corrected chi connectivity index (χ0v) is 13.0. The molecule has 1 aromatic carbocycles. The molecule has 24 heavy (non-hydrogen) atoms. The van der Waals surface area contributed by atoms with Gasteiger partial charge in [-0.25, -0.2) is 8.78 Å². The van der Waals surface area contributed by atoms with Crippen LogP contribution in [-0.2, 0) is 4.79 Å². The van der Waals surface area contributed by atoms with Crippen LogP contribution in [0.2, 0.25) is 0 Å². The summed E-state index contributed by atoms with van der Waals surface area (Å²) in [6.45, 7) is 3.95. The van der Waals surface area contributed by atoms with Gasteiger partial charge in [0.1, 0.15) is 0 Å². The van der Waals surface area contributed by atoms with Crippen LogP contribution in [0.3, 0.4) is 0 Å². The maximum atomic E-state index is 13.3. The molecule has 1 amide bonds. The number of anilines is 3. The van der Waals surface area contributed by atoms with Crippen LogP contribution in [0.1, 0.15) is 6.92 Å². The van der Waals surface area contributed by atoms with Gasteiger partial charge < -0.3 is 15.1 Å². The summed E-state index contributed by atoms with van der Waals surface area (Å²) in [5.74, 6) is -1.01. The van der Waals surface area contributed by atoms with Crippen molar-refractivity contribution in [3.63, 3.8) is 0 Å². The topological polar surface area (TPSA) is 74.2 Å². The third-order valence-electron chi connectivity index (χ3n) is 3.75. The minimum atomic E-state index is -0.942. The molecule has 0 bridgehead atoms. The van der Waals surface area contributed by atoms with Gasteiger partial charge in [-0.15, -0.1) is 5.10 Å². The van der Waals surface area contributed by atoms with E-state index in [1.165, 1.54) is 12.3 Å². The zero-order chi connectivity index (χ0) is 17.1. The third kappa shape index (κ3) is 3.55. The molecule has 2 heterocycles. The Morgan fingerprint density at radius 3 is 2.58 bits per heavy atom. The van der Waals surface area contributed by atoms with Gasteiger partial charge in [0.05, 0.1) is 6.20 Å². The monoisotopic (exact) mass is 334 g/mol. The van der Waals surface area contributed by atoms with Crippen molar-refractivity contribution in [1.29, 1.82) is 0 Å². The van der Waals surface area contributed by atoms with E-state index >= 15 is 0 Å². The Bertz CT molecular complexity index is 748. The van der Waals surface area contributed by atoms with Crippen molar-refractivity contribution in [2.75, 3.05) is 36.4 Å². The lowest BCUT2D eigenvalue weighted by Crippen LogP contribution is -2.48. The number of benzene rings is 1. The van der Waals surface area contributed by atoms with E-state index in [2.05, 4.69) is 20.5 Å². The van der Waals surface area contributed by atoms with Gasteiger partial charge in [-0.3, -0.25) is 4.79 Å². The summed E-state index contributed by atoms with van der Waals surface area (Å²) in [5, 5.41) is 10.7. The SMILES string of the molecule is CC(=O)N1CCN(c2nncc(Nc3ccc(F)c(F)c3)n2)CC1. The summed E-state index contributed by atoms with van der Waals surface area (Å²) in [6.07, 6.45) is 1.40. The number of carbonyl (C=O) groups excluding carboxylic acids is 1. The highest BCUT2D eigenvalue weighted by molar-refractivity contribution is 5.73. The van der Waals surface area contributed by atoms with Gasteiger partial charge >= 0.3 is 0 Å². The van der Waals surface area contributed by atoms with Crippen LogP contribution in [0.5, 0.6) is 0 Å². The lowest BCUT2D eigenvalue weighted by molar-refractivity contribution is -0.129. The fourth-order valence-electron chi connectivity index (χ4n) is 2.43. The third-order valence-corrected chi connectivity index (χ3v) is 3.75. The van der Waals surface area contributed by atoms with Gasteiger partial charge in [0, 0.05) is 44.9 Å². The molecule has 2 aromatic rings. The van der Waals surface area contributed by atoms with Gasteiger partial charge in [0.2, 0.25) is 11.9 Å². The van der Waals surface area contributed by atoms with Crippen molar-refractivity contribution in [3.05, 3.63) is 36.0 Å². The van der Waals surface area contributed by atoms with E-state index in [-0.39, 0.29) is 5.91 Å². The standard InChI is InChI=1S/C15H16F2N6O/c1-10(24)22-4-6-23(7-5-22)15-20-14(9-18-21-15)19-11-2-3-12(16)13(17)8-11/h2-3,8-9H,4-7H2,1H3,(H,19,20,21). The maximum Gasteiger partial charge on any atom is 0.247 e. The predicted molar refractivity (Wildman–Crippen MR) is 83.9 cm³/mol. The second-order valence-electron chi connectivity index (χ2n) is 5.39. The predicted octanol–water partition coefficient (Wildman–Crippen LogP) is 1.56. The first-order chi connectivity index (χ1) is 11.5. The minimum absolute atomic E-state index is 0.0439. The number of hydrogen-bond acceptors (Lipinski definition) is 6. The molecule has 1 saturated heterocycles. The summed E-state index contributed by atoms with van der Waals surface area (Å²) < 4.78 is 26.2. The second-order valence-corrected chi connectivity index (χ2v) is 5.39. The Morgan fingerprint density at radius 1 is 1.17 bits per heavy atom. The molecule has 0 radical (unpaired) electrons. The van der Waals surface area contributed by atoms with Gasteiger partial charge in [0.15, 0.2) is 17.5 Å². The molecule has 1 N–H and O–H groups in total. The highest BCUT2D eigenvalue weighted by atomic mass is 19.2. The smallest absolute Gasteiger partial charge is 0.247 e. The summed E-state index contributed by atoms with van der Waals surface area (Å²) in [5.41, 5.74) is 0.363. The van der Waals surface area contributed by atoms with E-state index in [1.807, 2.05) is 4.90 Å². The van der Waals surface area contributed by atoms with Crippen molar-refractivity contribution in [3.8, 4) is 0 Å². The molecule has 1 aromatic heterocycles. The average Bonchev–Trinajstić information content (AvgIpc) is 2.58. The number of aromatic nitrogens is 3. The molecular formula is C15H16F2N6O. The zero-order valence-electron chi connectivity index (χ0n) is 13.0. The van der Waals surface area contributed by atoms with Gasteiger partial charge in [-0.05, 0) is 12.1 Å². The molecule has 3 rings (SSSR count). The van der Waals surface area contributed by atoms with E-state index in [4.69, 9.17) is 0 Å². The molecule has 9 heteroatoms. The second kappa shape index (κ2) is 6.73. The number of nitrogens with zero attached hydrogens (tertiary/aromatic N) is 5. The number of nitrogens with one attached hydrogen (secondary N) is 1. The van der Waals surface area contributed by atoms with Crippen molar-refractivity contribution >= 4 is 23.4 Å². The number of halogens is 2. The lowest BCUT2D eigenvalue weighted by Gasteiger charge is -2.33. The molecule has 126 valence electrons. The quantitative estimate of drug-likeness (QED) is 0.918. The van der Waals surface area contributed by atoms with Crippen LogP contribution in [0, 0.1) is 11.6 Å². The van der Waals surface area contributed by atoms with E-state index in [1.54, 1.807) is 11.8 Å². The average molecular weight is 334 g/mol. The fraction of sp³-hybridized carbons (Fsp3) is 0.333. The normalized spacial score (nSPS) is 14.6. The van der Waals surface area contributed by atoms with Crippen molar-refractivity contribution in [2.24, 2.45) is 0 Å². The summed E-state index contributed by atoms with van der Waals surface area (Å²) >= 11 is 0. The maximum absolute atomic E-state index is 13.3. The summed E-state index contributed by atoms with van der Waals surface area (Å²) in [7, 11) is 0. The molecule has 1 aliphatic rings. The Balaban J connectivity index is 1.70. The molecular weight excluding hydrogens is 318 g/mol. The number of rotatable bonds is 3. The fourth-order valence-corrected chi connectivity index (χ4v) is 2.43. The molecule has 0 aliphatic carbocycles. The van der Waals surface area contributed by atoms with E-state index in [0.717, 1.165) is 12.1 Å². The van der Waals surface area contributed by atoms with Crippen LogP contribution in [-0.4, -0.2) is 52.2 Å². The Morgan fingerprint density at radius 2 is 1.92 bits per heavy atom. The van der Waals surface area contributed by atoms with Crippen LogP contribution in [0.15, 0.2) is 24.4 Å². The minimum Gasteiger partial charge on any atom is -0.339 e. The molecule has 0 unspecified atom stereocenters. The Kier molecular flexibility index (Phi) is 4.50. The first-order valence-corrected chi connectivity index (χ1v) is 7.45. The Labute approximate surface area is 137 Å². The molecule has 0 atom stereocenters. The van der Waals surface area contributed by atoms with Crippen molar-refractivity contribution < 1.29 is 13.6 Å². The van der Waals surface area contributed by atoms with Crippen LogP contribution < -0.4 is 10.2 Å². The number of carbonyl (C=O) groups is 1. The molecule has 7 nitrogen and oxygen atoms in total. The van der Waals surface area contributed by atoms with Gasteiger partial charge in [-0.1, -0.05) is 0 Å². The molecule has 0 saturated carbocycles. The largest absolute Gasteiger partial charge is 0.339 e. The van der Waals surface area contributed by atoms with Gasteiger partial charge in [-0.2, -0.15) is 10.1 Å². The van der Waals surface area contributed by atoms with Crippen LogP contribution in [0.4, 0.5) is 26.2 Å². The van der Waals surface area contributed by atoms with Gasteiger partial charge in [0.25, 0.3) is 0 Å². The lowest BCUT2D eigenvalue weighted by atomic mass is 10.3. The first-order valence-electron chi connectivity index (χ1n) is 7.45. The highest BCUT2D eigenvalue weighted by Gasteiger charge is 2.21. The van der Waals surface area contributed by atoms with E-state index in [9.17, 15) is 13.6 Å². The van der Waals surface area contributed by atoms with Crippen LogP contribution in [0.25, 0.3) is 0 Å². The molecule has 1 fully saturated rings. The van der Waals surface area contributed by atoms with E-state index in [0.29, 0.717) is 43.6 Å². The Hall–Kier alpha value is -2.84. The number of amides is 1. The molecule has 1 aliphatic heterocycles. The van der Waals surface area contributed by atoms with E-state index < -0.39 is 11.6 Å². The number of piperazine rings is 1. The molecule has 0 spiro atoms. The van der Waals surface area contributed by atoms with Crippen molar-refractivity contribution in [1.82, 2.24) is 20.1 Å². The first kappa shape index (κ1) is 16.0. The summed E-state index contributed by atoms with van der Waals surface area (Å²) in [4.78, 5) is 19.4. The summed E-state index contributed by atoms with van der Waals surface area (Å²) in [6, 6.07) is 3.49. The number of hydrogen-bond donors (Lipinski definition) is 1. The highest BCUT2D eigenvalue weighted by Crippen LogP contribution is 2.19. The van der Waals surface area contributed by atoms with Crippen LogP contribution >= 0.6 is 0 Å². The van der Waals surface area contributed by atoms with Crippen molar-refractivity contribution in [2.45, 2.75) is 6.92 Å².